The Bertz CT molecular complexity index is 455. The van der Waals surface area contributed by atoms with E-state index in [-0.39, 0.29) is 5.82 Å². The third-order valence-electron chi connectivity index (χ3n) is 3.71. The van der Waals surface area contributed by atoms with E-state index in [4.69, 9.17) is 4.74 Å². The van der Waals surface area contributed by atoms with Gasteiger partial charge in [0.2, 0.25) is 0 Å². The van der Waals surface area contributed by atoms with Crippen molar-refractivity contribution < 1.29 is 9.13 Å². The summed E-state index contributed by atoms with van der Waals surface area (Å²) >= 11 is 0. The van der Waals surface area contributed by atoms with Gasteiger partial charge in [-0.1, -0.05) is 12.1 Å². The maximum absolute atomic E-state index is 12.8. The number of hydrogen-bond acceptors (Lipinski definition) is 2. The van der Waals surface area contributed by atoms with Crippen molar-refractivity contribution in [1.29, 1.82) is 0 Å². The maximum Gasteiger partial charge on any atom is 0.191 e. The average molecular weight is 307 g/mol. The minimum atomic E-state index is -0.194. The summed E-state index contributed by atoms with van der Waals surface area (Å²) in [5.41, 5.74) is 1.11. The zero-order valence-electron chi connectivity index (χ0n) is 13.3. The molecule has 122 valence electrons. The Morgan fingerprint density at radius 1 is 1.32 bits per heavy atom. The van der Waals surface area contributed by atoms with E-state index in [1.165, 1.54) is 18.6 Å². The lowest BCUT2D eigenvalue weighted by molar-refractivity contribution is 0.106. The van der Waals surface area contributed by atoms with E-state index in [1.54, 1.807) is 0 Å². The first-order valence-electron chi connectivity index (χ1n) is 8.16. The van der Waals surface area contributed by atoms with Crippen LogP contribution in [0.4, 0.5) is 4.39 Å². The molecule has 2 N–H and O–H groups in total. The Morgan fingerprint density at radius 3 is 2.82 bits per heavy atom. The summed E-state index contributed by atoms with van der Waals surface area (Å²) in [4.78, 5) is 4.58. The molecule has 1 heterocycles. The number of hydrogen-bond donors (Lipinski definition) is 2. The lowest BCUT2D eigenvalue weighted by Gasteiger charge is -2.12. The molecular weight excluding hydrogens is 281 g/mol. The van der Waals surface area contributed by atoms with E-state index in [0.717, 1.165) is 57.0 Å². The molecule has 5 heteroatoms. The second-order valence-electron chi connectivity index (χ2n) is 5.49. The summed E-state index contributed by atoms with van der Waals surface area (Å²) in [6, 6.07) is 6.63. The summed E-state index contributed by atoms with van der Waals surface area (Å²) in [5, 5.41) is 6.55. The normalized spacial score (nSPS) is 18.5. The molecule has 1 fully saturated rings. The summed E-state index contributed by atoms with van der Waals surface area (Å²) < 4.78 is 18.5. The van der Waals surface area contributed by atoms with Crippen molar-refractivity contribution in [3.05, 3.63) is 35.6 Å². The van der Waals surface area contributed by atoms with Gasteiger partial charge in [0.25, 0.3) is 0 Å². The van der Waals surface area contributed by atoms with E-state index in [2.05, 4.69) is 22.5 Å². The topological polar surface area (TPSA) is 45.7 Å². The number of nitrogens with zero attached hydrogens (tertiary/aromatic N) is 1. The molecule has 0 amide bonds. The van der Waals surface area contributed by atoms with E-state index in [0.29, 0.717) is 6.10 Å². The minimum Gasteiger partial charge on any atom is -0.378 e. The number of halogens is 1. The van der Waals surface area contributed by atoms with Crippen LogP contribution in [0.15, 0.2) is 29.3 Å². The molecule has 1 atom stereocenters. The van der Waals surface area contributed by atoms with Crippen molar-refractivity contribution in [2.45, 2.75) is 38.7 Å². The first-order valence-corrected chi connectivity index (χ1v) is 8.16. The fourth-order valence-corrected chi connectivity index (χ4v) is 2.51. The van der Waals surface area contributed by atoms with Crippen LogP contribution in [-0.4, -0.2) is 38.3 Å². The molecule has 0 aliphatic carbocycles. The number of guanidine groups is 1. The molecule has 0 spiro atoms. The van der Waals surface area contributed by atoms with E-state index in [9.17, 15) is 4.39 Å². The molecule has 1 aromatic carbocycles. The van der Waals surface area contributed by atoms with Gasteiger partial charge < -0.3 is 15.4 Å². The molecule has 1 aliphatic heterocycles. The van der Waals surface area contributed by atoms with Crippen molar-refractivity contribution in [3.8, 4) is 0 Å². The summed E-state index contributed by atoms with van der Waals surface area (Å²) in [6.45, 7) is 5.33. The number of aliphatic imine (C=N–C) groups is 1. The SMILES string of the molecule is CCNC(=NCCC1CCCO1)NCCc1ccc(F)cc1. The lowest BCUT2D eigenvalue weighted by atomic mass is 10.1. The van der Waals surface area contributed by atoms with E-state index in [1.807, 2.05) is 12.1 Å². The molecule has 0 saturated carbocycles. The quantitative estimate of drug-likeness (QED) is 0.601. The number of rotatable bonds is 7. The first-order chi connectivity index (χ1) is 10.8. The molecule has 1 saturated heterocycles. The van der Waals surface area contributed by atoms with Crippen LogP contribution in [0.1, 0.15) is 31.7 Å². The van der Waals surface area contributed by atoms with Gasteiger partial charge >= 0.3 is 0 Å². The monoisotopic (exact) mass is 307 g/mol. The van der Waals surface area contributed by atoms with Crippen LogP contribution in [0.25, 0.3) is 0 Å². The highest BCUT2D eigenvalue weighted by atomic mass is 19.1. The van der Waals surface area contributed by atoms with Crippen LogP contribution >= 0.6 is 0 Å². The number of nitrogens with one attached hydrogen (secondary N) is 2. The van der Waals surface area contributed by atoms with Crippen LogP contribution in [0.3, 0.4) is 0 Å². The van der Waals surface area contributed by atoms with Gasteiger partial charge in [-0.05, 0) is 50.3 Å². The highest BCUT2D eigenvalue weighted by Crippen LogP contribution is 2.14. The molecule has 0 radical (unpaired) electrons. The fraction of sp³-hybridized carbons (Fsp3) is 0.588. The van der Waals surface area contributed by atoms with Crippen molar-refractivity contribution >= 4 is 5.96 Å². The maximum atomic E-state index is 12.8. The molecule has 2 rings (SSSR count). The molecule has 0 bridgehead atoms. The summed E-state index contributed by atoms with van der Waals surface area (Å²) in [5.74, 6) is 0.642. The van der Waals surface area contributed by atoms with Crippen LogP contribution in [0, 0.1) is 5.82 Å². The molecular formula is C17H26FN3O. The second kappa shape index (κ2) is 9.41. The van der Waals surface area contributed by atoms with E-state index >= 15 is 0 Å². The highest BCUT2D eigenvalue weighted by molar-refractivity contribution is 5.79. The molecule has 4 nitrogen and oxygen atoms in total. The van der Waals surface area contributed by atoms with Gasteiger partial charge in [-0.2, -0.15) is 0 Å². The second-order valence-corrected chi connectivity index (χ2v) is 5.49. The predicted octanol–water partition coefficient (Wildman–Crippen LogP) is 2.49. The van der Waals surface area contributed by atoms with Crippen molar-refractivity contribution in [3.63, 3.8) is 0 Å². The van der Waals surface area contributed by atoms with Crippen molar-refractivity contribution in [2.24, 2.45) is 4.99 Å². The predicted molar refractivity (Wildman–Crippen MR) is 87.7 cm³/mol. The number of benzene rings is 1. The largest absolute Gasteiger partial charge is 0.378 e. The fourth-order valence-electron chi connectivity index (χ4n) is 2.51. The van der Waals surface area contributed by atoms with Gasteiger partial charge in [0, 0.05) is 26.2 Å². The Labute approximate surface area is 132 Å². The van der Waals surface area contributed by atoms with Gasteiger partial charge in [0.05, 0.1) is 6.10 Å². The molecule has 1 unspecified atom stereocenters. The lowest BCUT2D eigenvalue weighted by Crippen LogP contribution is -2.38. The molecule has 1 aromatic rings. The summed E-state index contributed by atoms with van der Waals surface area (Å²) in [7, 11) is 0. The van der Waals surface area contributed by atoms with Crippen LogP contribution < -0.4 is 10.6 Å². The Hall–Kier alpha value is -1.62. The zero-order chi connectivity index (χ0) is 15.6. The highest BCUT2D eigenvalue weighted by Gasteiger charge is 2.14. The van der Waals surface area contributed by atoms with Gasteiger partial charge in [0.1, 0.15) is 5.82 Å². The zero-order valence-corrected chi connectivity index (χ0v) is 13.3. The van der Waals surface area contributed by atoms with Gasteiger partial charge in [-0.25, -0.2) is 4.39 Å². The molecule has 1 aliphatic rings. The number of ether oxygens (including phenoxy) is 1. The Balaban J connectivity index is 1.71. The van der Waals surface area contributed by atoms with Crippen molar-refractivity contribution in [2.75, 3.05) is 26.2 Å². The van der Waals surface area contributed by atoms with Crippen LogP contribution in [0.2, 0.25) is 0 Å². The Morgan fingerprint density at radius 2 is 2.14 bits per heavy atom. The standard InChI is InChI=1S/C17H26FN3O/c1-2-19-17(21-12-10-16-4-3-13-22-16)20-11-9-14-5-7-15(18)8-6-14/h5-8,16H,2-4,9-13H2,1H3,(H2,19,20,21). The molecule has 22 heavy (non-hydrogen) atoms. The third kappa shape index (κ3) is 6.02. The third-order valence-corrected chi connectivity index (χ3v) is 3.71. The van der Waals surface area contributed by atoms with Crippen LogP contribution in [-0.2, 0) is 11.2 Å². The van der Waals surface area contributed by atoms with E-state index < -0.39 is 0 Å². The van der Waals surface area contributed by atoms with Gasteiger partial charge in [-0.3, -0.25) is 4.99 Å². The first kappa shape index (κ1) is 16.7. The van der Waals surface area contributed by atoms with Crippen molar-refractivity contribution in [1.82, 2.24) is 10.6 Å². The molecule has 0 aromatic heterocycles. The minimum absolute atomic E-state index is 0.194. The average Bonchev–Trinajstić information content (AvgIpc) is 3.02. The smallest absolute Gasteiger partial charge is 0.191 e. The van der Waals surface area contributed by atoms with Crippen LogP contribution in [0.5, 0.6) is 0 Å². The van der Waals surface area contributed by atoms with Gasteiger partial charge in [0.15, 0.2) is 5.96 Å². The van der Waals surface area contributed by atoms with Gasteiger partial charge in [-0.15, -0.1) is 0 Å². The Kier molecular flexibility index (Phi) is 7.16. The summed E-state index contributed by atoms with van der Waals surface area (Å²) in [6.07, 6.45) is 4.53.